The highest BCUT2D eigenvalue weighted by Crippen LogP contribution is 2.13. The molecule has 0 aliphatic rings. The molecular formula is C5H9Cl2. The maximum Gasteiger partial charge on any atom is 0.0680 e. The molecule has 0 aromatic rings. The zero-order chi connectivity index (χ0) is 5.86. The Morgan fingerprint density at radius 1 is 1.43 bits per heavy atom. The second-order valence-electron chi connectivity index (χ2n) is 1.81. The fourth-order valence-electron chi connectivity index (χ4n) is 0.145. The normalized spacial score (nSPS) is 15.0. The third-order valence-corrected chi connectivity index (χ3v) is 1.79. The molecule has 0 aliphatic heterocycles. The quantitative estimate of drug-likeness (QED) is 0.517. The van der Waals surface area contributed by atoms with Crippen molar-refractivity contribution in [1.29, 1.82) is 0 Å². The van der Waals surface area contributed by atoms with Crippen molar-refractivity contribution in [3.8, 4) is 0 Å². The third kappa shape index (κ3) is 3.19. The van der Waals surface area contributed by atoms with Crippen LogP contribution in [0.5, 0.6) is 0 Å². The molecule has 0 saturated carbocycles. The van der Waals surface area contributed by atoms with Crippen LogP contribution in [-0.2, 0) is 0 Å². The van der Waals surface area contributed by atoms with E-state index in [4.69, 9.17) is 23.2 Å². The molecule has 7 heavy (non-hydrogen) atoms. The van der Waals surface area contributed by atoms with Gasteiger partial charge in [-0.2, -0.15) is 0 Å². The molecular weight excluding hydrogens is 131 g/mol. The molecule has 0 heterocycles. The second-order valence-corrected chi connectivity index (χ2v) is 2.57. The van der Waals surface area contributed by atoms with Crippen molar-refractivity contribution < 1.29 is 0 Å². The molecule has 1 radical (unpaired) electrons. The van der Waals surface area contributed by atoms with E-state index >= 15 is 0 Å². The van der Waals surface area contributed by atoms with E-state index in [0.29, 0.717) is 5.92 Å². The molecule has 43 valence electrons. The number of rotatable bonds is 2. The summed E-state index contributed by atoms with van der Waals surface area (Å²) in [6.45, 7) is 4.05. The molecule has 0 N–H and O–H groups in total. The average molecular weight is 140 g/mol. The predicted octanol–water partition coefficient (Wildman–Crippen LogP) is 2.65. The van der Waals surface area contributed by atoms with Gasteiger partial charge >= 0.3 is 0 Å². The van der Waals surface area contributed by atoms with Crippen molar-refractivity contribution in [1.82, 2.24) is 0 Å². The summed E-state index contributed by atoms with van der Waals surface area (Å²) in [6, 6.07) is 0. The molecule has 1 atom stereocenters. The van der Waals surface area contributed by atoms with Gasteiger partial charge in [0.15, 0.2) is 0 Å². The maximum atomic E-state index is 5.61. The summed E-state index contributed by atoms with van der Waals surface area (Å²) in [5.74, 6) is 1.92. The molecule has 0 spiro atoms. The molecule has 0 aromatic carbocycles. The summed E-state index contributed by atoms with van der Waals surface area (Å²) < 4.78 is 0. The van der Waals surface area contributed by atoms with Gasteiger partial charge in [0.05, 0.1) is 11.3 Å². The lowest BCUT2D eigenvalue weighted by molar-refractivity contribution is 0.662. The van der Waals surface area contributed by atoms with Crippen molar-refractivity contribution in [2.45, 2.75) is 19.2 Å². The fraction of sp³-hybridized carbons (Fsp3) is 0.800. The first-order valence-corrected chi connectivity index (χ1v) is 3.13. The van der Waals surface area contributed by atoms with Gasteiger partial charge in [-0.3, -0.25) is 0 Å². The third-order valence-electron chi connectivity index (χ3n) is 0.757. The summed E-state index contributed by atoms with van der Waals surface area (Å²) >= 11 is 10.9. The van der Waals surface area contributed by atoms with E-state index in [1.54, 1.807) is 0 Å². The molecule has 0 amide bonds. The van der Waals surface area contributed by atoms with Crippen LogP contribution >= 0.6 is 23.2 Å². The molecule has 0 fully saturated rings. The van der Waals surface area contributed by atoms with Gasteiger partial charge in [-0.05, 0) is 5.92 Å². The molecule has 0 saturated heterocycles. The first-order chi connectivity index (χ1) is 3.18. The lowest BCUT2D eigenvalue weighted by atomic mass is 10.2. The van der Waals surface area contributed by atoms with E-state index in [2.05, 4.69) is 0 Å². The van der Waals surface area contributed by atoms with Gasteiger partial charge in [-0.15, -0.1) is 23.2 Å². The van der Waals surface area contributed by atoms with Crippen LogP contribution < -0.4 is 0 Å². The Balaban J connectivity index is 3.14. The largest absolute Gasteiger partial charge is 0.121 e. The van der Waals surface area contributed by atoms with Gasteiger partial charge in [0.1, 0.15) is 0 Å². The summed E-state index contributed by atoms with van der Waals surface area (Å²) in [5.41, 5.74) is 0. The van der Waals surface area contributed by atoms with Crippen LogP contribution in [0.3, 0.4) is 0 Å². The van der Waals surface area contributed by atoms with Gasteiger partial charge in [-0.1, -0.05) is 13.8 Å². The van der Waals surface area contributed by atoms with Crippen molar-refractivity contribution >= 4 is 23.2 Å². The van der Waals surface area contributed by atoms with E-state index in [9.17, 15) is 0 Å². The van der Waals surface area contributed by atoms with Crippen LogP contribution in [0, 0.1) is 11.8 Å². The van der Waals surface area contributed by atoms with Crippen LogP contribution in [0.15, 0.2) is 0 Å². The summed E-state index contributed by atoms with van der Waals surface area (Å²) in [4.78, 5) is 0. The number of hydrogen-bond donors (Lipinski definition) is 0. The minimum atomic E-state index is 0.0154. The lowest BCUT2D eigenvalue weighted by Crippen LogP contribution is -2.04. The second kappa shape index (κ2) is 3.57. The van der Waals surface area contributed by atoms with Gasteiger partial charge in [0.25, 0.3) is 0 Å². The first kappa shape index (κ1) is 7.58. The Kier molecular flexibility index (Phi) is 3.86. The topological polar surface area (TPSA) is 0 Å². The van der Waals surface area contributed by atoms with Crippen LogP contribution in [0.4, 0.5) is 0 Å². The monoisotopic (exact) mass is 139 g/mol. The maximum absolute atomic E-state index is 5.61. The Morgan fingerprint density at radius 2 is 1.86 bits per heavy atom. The van der Waals surface area contributed by atoms with Crippen molar-refractivity contribution in [3.05, 3.63) is 5.88 Å². The molecule has 0 aromatic heterocycles. The summed E-state index contributed by atoms with van der Waals surface area (Å²) in [5, 5.41) is 0.0154. The van der Waals surface area contributed by atoms with Gasteiger partial charge < -0.3 is 0 Å². The molecule has 0 rings (SSSR count). The minimum absolute atomic E-state index is 0.0154. The standard InChI is InChI=1S/C5H9Cl2/c1-4(2)5(7)3-6/h3-5H,1-2H3. The molecule has 1 unspecified atom stereocenters. The predicted molar refractivity (Wildman–Crippen MR) is 34.6 cm³/mol. The Labute approximate surface area is 54.8 Å². The van der Waals surface area contributed by atoms with Crippen molar-refractivity contribution in [2.75, 3.05) is 0 Å². The highest BCUT2D eigenvalue weighted by atomic mass is 35.5. The van der Waals surface area contributed by atoms with Crippen LogP contribution in [0.2, 0.25) is 0 Å². The molecule has 0 bridgehead atoms. The van der Waals surface area contributed by atoms with Gasteiger partial charge in [-0.25, -0.2) is 0 Å². The Hall–Kier alpha value is 0.580. The smallest absolute Gasteiger partial charge is 0.0680 e. The zero-order valence-corrected chi connectivity index (χ0v) is 6.00. The molecule has 2 heteroatoms. The highest BCUT2D eigenvalue weighted by Gasteiger charge is 2.05. The summed E-state index contributed by atoms with van der Waals surface area (Å²) in [7, 11) is 0. The summed E-state index contributed by atoms with van der Waals surface area (Å²) in [6.07, 6.45) is 0. The van der Waals surface area contributed by atoms with Crippen LogP contribution in [0.25, 0.3) is 0 Å². The number of hydrogen-bond acceptors (Lipinski definition) is 0. The van der Waals surface area contributed by atoms with Gasteiger partial charge in [0.2, 0.25) is 0 Å². The Bertz CT molecular complexity index is 43.3. The van der Waals surface area contributed by atoms with Crippen molar-refractivity contribution in [2.24, 2.45) is 5.92 Å². The van der Waals surface area contributed by atoms with Gasteiger partial charge in [0, 0.05) is 0 Å². The van der Waals surface area contributed by atoms with Crippen LogP contribution in [-0.4, -0.2) is 5.38 Å². The molecule has 0 aliphatic carbocycles. The highest BCUT2D eigenvalue weighted by molar-refractivity contribution is 6.32. The zero-order valence-electron chi connectivity index (χ0n) is 4.49. The fourth-order valence-corrected chi connectivity index (χ4v) is 0.436. The number of halogens is 2. The van der Waals surface area contributed by atoms with E-state index in [0.717, 1.165) is 0 Å². The van der Waals surface area contributed by atoms with E-state index < -0.39 is 0 Å². The van der Waals surface area contributed by atoms with Crippen LogP contribution in [0.1, 0.15) is 13.8 Å². The average Bonchev–Trinajstić information content (AvgIpc) is 1.65. The first-order valence-electron chi connectivity index (χ1n) is 2.26. The number of alkyl halides is 1. The minimum Gasteiger partial charge on any atom is -0.121 e. The van der Waals surface area contributed by atoms with E-state index in [1.165, 1.54) is 5.88 Å². The van der Waals surface area contributed by atoms with Crippen molar-refractivity contribution in [3.63, 3.8) is 0 Å². The SMILES string of the molecule is CC(C)C(Cl)[CH]Cl. The lowest BCUT2D eigenvalue weighted by Gasteiger charge is -2.06. The van der Waals surface area contributed by atoms with E-state index in [1.807, 2.05) is 13.8 Å². The van der Waals surface area contributed by atoms with E-state index in [-0.39, 0.29) is 5.38 Å². The Morgan fingerprint density at radius 3 is 1.86 bits per heavy atom. The molecule has 0 nitrogen and oxygen atoms in total.